The molecule has 0 spiro atoms. The molecule has 0 amide bonds. The van der Waals surface area contributed by atoms with Crippen LogP contribution in [0.15, 0.2) is 41.0 Å². The zero-order valence-electron chi connectivity index (χ0n) is 14.5. The lowest BCUT2D eigenvalue weighted by molar-refractivity contribution is 0.209. The summed E-state index contributed by atoms with van der Waals surface area (Å²) in [5, 5.41) is 3.56. The molecule has 3 rings (SSSR count). The first-order valence-corrected chi connectivity index (χ1v) is 8.51. The van der Waals surface area contributed by atoms with Crippen LogP contribution in [0.4, 0.5) is 0 Å². The van der Waals surface area contributed by atoms with Gasteiger partial charge in [0.2, 0.25) is 0 Å². The highest BCUT2D eigenvalue weighted by Crippen LogP contribution is 2.31. The van der Waals surface area contributed by atoms with Crippen molar-refractivity contribution in [3.8, 4) is 11.5 Å². The number of methoxy groups -OCH3 is 2. The van der Waals surface area contributed by atoms with Crippen LogP contribution in [0, 0.1) is 0 Å². The largest absolute Gasteiger partial charge is 0.493 e. The standard InChI is InChI=1S/C19H26N2O3/c1-22-18-8-5-7-15(19(18)23-2)13-20-14-16(17-9-6-12-24-17)21-10-3-4-11-21/h5-9,12,16,20H,3-4,10-11,13-14H2,1-2H3. The monoisotopic (exact) mass is 330 g/mol. The first-order valence-electron chi connectivity index (χ1n) is 8.51. The van der Waals surface area contributed by atoms with E-state index in [1.54, 1.807) is 20.5 Å². The number of likely N-dealkylation sites (tertiary alicyclic amines) is 1. The van der Waals surface area contributed by atoms with E-state index in [2.05, 4.69) is 22.3 Å². The van der Waals surface area contributed by atoms with E-state index in [4.69, 9.17) is 13.9 Å². The molecule has 2 heterocycles. The molecule has 0 bridgehead atoms. The van der Waals surface area contributed by atoms with E-state index in [0.717, 1.165) is 49.0 Å². The first kappa shape index (κ1) is 16.9. The molecular weight excluding hydrogens is 304 g/mol. The third-order valence-corrected chi connectivity index (χ3v) is 4.59. The highest BCUT2D eigenvalue weighted by molar-refractivity contribution is 5.46. The van der Waals surface area contributed by atoms with E-state index < -0.39 is 0 Å². The zero-order valence-corrected chi connectivity index (χ0v) is 14.5. The molecule has 1 aromatic carbocycles. The zero-order chi connectivity index (χ0) is 16.8. The van der Waals surface area contributed by atoms with Crippen molar-refractivity contribution in [2.45, 2.75) is 25.4 Å². The molecule has 0 radical (unpaired) electrons. The van der Waals surface area contributed by atoms with Gasteiger partial charge >= 0.3 is 0 Å². The van der Waals surface area contributed by atoms with Gasteiger partial charge in [-0.05, 0) is 44.1 Å². The maximum Gasteiger partial charge on any atom is 0.165 e. The molecule has 0 saturated carbocycles. The number of para-hydroxylation sites is 1. The molecule has 1 N–H and O–H groups in total. The molecule has 1 fully saturated rings. The van der Waals surface area contributed by atoms with Crippen molar-refractivity contribution >= 4 is 0 Å². The van der Waals surface area contributed by atoms with Crippen molar-refractivity contribution in [2.24, 2.45) is 0 Å². The molecule has 1 saturated heterocycles. The smallest absolute Gasteiger partial charge is 0.165 e. The molecule has 1 aliphatic rings. The maximum atomic E-state index is 5.67. The predicted octanol–water partition coefficient (Wildman–Crippen LogP) is 3.22. The van der Waals surface area contributed by atoms with Crippen LogP contribution in [-0.2, 0) is 6.54 Å². The van der Waals surface area contributed by atoms with Gasteiger partial charge in [-0.3, -0.25) is 4.90 Å². The minimum Gasteiger partial charge on any atom is -0.493 e. The number of nitrogens with zero attached hydrogens (tertiary/aromatic N) is 1. The van der Waals surface area contributed by atoms with Crippen molar-refractivity contribution in [3.63, 3.8) is 0 Å². The molecule has 5 heteroatoms. The molecule has 130 valence electrons. The Bertz CT molecular complexity index is 622. The van der Waals surface area contributed by atoms with Crippen LogP contribution < -0.4 is 14.8 Å². The van der Waals surface area contributed by atoms with Crippen molar-refractivity contribution in [3.05, 3.63) is 47.9 Å². The summed E-state index contributed by atoms with van der Waals surface area (Å²) >= 11 is 0. The van der Waals surface area contributed by atoms with Gasteiger partial charge in [0, 0.05) is 18.7 Å². The molecule has 24 heavy (non-hydrogen) atoms. The Kier molecular flexibility index (Phi) is 5.77. The van der Waals surface area contributed by atoms with Gasteiger partial charge in [0.05, 0.1) is 26.5 Å². The quantitative estimate of drug-likeness (QED) is 0.805. The SMILES string of the molecule is COc1cccc(CNCC(c2ccco2)N2CCCC2)c1OC. The Morgan fingerprint density at radius 3 is 2.62 bits per heavy atom. The van der Waals surface area contributed by atoms with Gasteiger partial charge in [-0.25, -0.2) is 0 Å². The van der Waals surface area contributed by atoms with Gasteiger partial charge in [-0.2, -0.15) is 0 Å². The maximum absolute atomic E-state index is 5.67. The average molecular weight is 330 g/mol. The van der Waals surface area contributed by atoms with Crippen molar-refractivity contribution < 1.29 is 13.9 Å². The van der Waals surface area contributed by atoms with Gasteiger partial charge in [0.1, 0.15) is 5.76 Å². The Morgan fingerprint density at radius 2 is 1.96 bits per heavy atom. The van der Waals surface area contributed by atoms with Gasteiger partial charge in [-0.15, -0.1) is 0 Å². The summed E-state index contributed by atoms with van der Waals surface area (Å²) in [6.07, 6.45) is 4.28. The molecule has 1 unspecified atom stereocenters. The summed E-state index contributed by atoms with van der Waals surface area (Å²) in [6, 6.07) is 10.3. The molecule has 1 aromatic heterocycles. The third-order valence-electron chi connectivity index (χ3n) is 4.59. The highest BCUT2D eigenvalue weighted by atomic mass is 16.5. The van der Waals surface area contributed by atoms with Crippen molar-refractivity contribution in [2.75, 3.05) is 33.9 Å². The van der Waals surface area contributed by atoms with Crippen LogP contribution in [0.25, 0.3) is 0 Å². The second-order valence-electron chi connectivity index (χ2n) is 6.06. The number of hydrogen-bond acceptors (Lipinski definition) is 5. The Morgan fingerprint density at radius 1 is 1.12 bits per heavy atom. The fourth-order valence-corrected chi connectivity index (χ4v) is 3.38. The topological polar surface area (TPSA) is 46.9 Å². The number of nitrogens with one attached hydrogen (secondary N) is 1. The third kappa shape index (κ3) is 3.74. The van der Waals surface area contributed by atoms with E-state index in [-0.39, 0.29) is 6.04 Å². The Hall–Kier alpha value is -1.98. The van der Waals surface area contributed by atoms with E-state index in [9.17, 15) is 0 Å². The minimum atomic E-state index is 0.277. The van der Waals surface area contributed by atoms with Crippen LogP contribution >= 0.6 is 0 Å². The lowest BCUT2D eigenvalue weighted by atomic mass is 10.1. The van der Waals surface area contributed by atoms with Gasteiger partial charge in [-0.1, -0.05) is 12.1 Å². The van der Waals surface area contributed by atoms with Crippen LogP contribution in [0.5, 0.6) is 11.5 Å². The van der Waals surface area contributed by atoms with Gasteiger partial charge < -0.3 is 19.2 Å². The summed E-state index contributed by atoms with van der Waals surface area (Å²) in [5.74, 6) is 2.59. The predicted molar refractivity (Wildman–Crippen MR) is 93.5 cm³/mol. The molecule has 1 atom stereocenters. The van der Waals surface area contributed by atoms with Crippen LogP contribution in [0.1, 0.15) is 30.2 Å². The molecule has 1 aliphatic heterocycles. The number of ether oxygens (including phenoxy) is 2. The normalized spacial score (nSPS) is 16.2. The van der Waals surface area contributed by atoms with Crippen LogP contribution in [-0.4, -0.2) is 38.8 Å². The Balaban J connectivity index is 1.65. The summed E-state index contributed by atoms with van der Waals surface area (Å²) in [6.45, 7) is 3.84. The number of rotatable bonds is 8. The summed E-state index contributed by atoms with van der Waals surface area (Å²) in [5.41, 5.74) is 1.09. The molecular formula is C19H26N2O3. The Labute approximate surface area is 143 Å². The summed E-state index contributed by atoms with van der Waals surface area (Å²) in [7, 11) is 3.34. The second kappa shape index (κ2) is 8.22. The van der Waals surface area contributed by atoms with E-state index in [1.165, 1.54) is 12.8 Å². The number of furan rings is 1. The lowest BCUT2D eigenvalue weighted by Gasteiger charge is -2.26. The molecule has 0 aliphatic carbocycles. The van der Waals surface area contributed by atoms with Crippen LogP contribution in [0.2, 0.25) is 0 Å². The highest BCUT2D eigenvalue weighted by Gasteiger charge is 2.25. The minimum absolute atomic E-state index is 0.277. The molecule has 2 aromatic rings. The number of hydrogen-bond donors (Lipinski definition) is 1. The lowest BCUT2D eigenvalue weighted by Crippen LogP contribution is -2.33. The van der Waals surface area contributed by atoms with Crippen molar-refractivity contribution in [1.29, 1.82) is 0 Å². The van der Waals surface area contributed by atoms with E-state index in [1.807, 2.05) is 18.2 Å². The summed E-state index contributed by atoms with van der Waals surface area (Å²) < 4.78 is 16.5. The fraction of sp³-hybridized carbons (Fsp3) is 0.474. The first-order chi connectivity index (χ1) is 11.8. The molecule has 5 nitrogen and oxygen atoms in total. The van der Waals surface area contributed by atoms with Crippen molar-refractivity contribution in [1.82, 2.24) is 10.2 Å². The van der Waals surface area contributed by atoms with Gasteiger partial charge in [0.25, 0.3) is 0 Å². The van der Waals surface area contributed by atoms with Crippen LogP contribution in [0.3, 0.4) is 0 Å². The average Bonchev–Trinajstić information content (AvgIpc) is 3.32. The van der Waals surface area contributed by atoms with E-state index in [0.29, 0.717) is 0 Å². The van der Waals surface area contributed by atoms with Gasteiger partial charge in [0.15, 0.2) is 11.5 Å². The second-order valence-corrected chi connectivity index (χ2v) is 6.06. The summed E-state index contributed by atoms with van der Waals surface area (Å²) in [4.78, 5) is 2.49. The van der Waals surface area contributed by atoms with E-state index >= 15 is 0 Å². The number of benzene rings is 1. The fourth-order valence-electron chi connectivity index (χ4n) is 3.38.